The van der Waals surface area contributed by atoms with Crippen LogP contribution in [0.3, 0.4) is 0 Å². The molecule has 1 aromatic carbocycles. The fraction of sp³-hybridized carbons (Fsp3) is 0.636. The third kappa shape index (κ3) is 8.13. The van der Waals surface area contributed by atoms with Gasteiger partial charge in [-0.25, -0.2) is 4.79 Å². The topological polar surface area (TPSA) is 78.9 Å². The number of unbranched alkanes of at least 4 members (excludes halogenated alkanes) is 1. The molecule has 164 valence electrons. The van der Waals surface area contributed by atoms with Gasteiger partial charge in [0.05, 0.1) is 12.5 Å². The number of hydrogen-bond donors (Lipinski definition) is 2. The number of carbonyl (C=O) groups is 2. The summed E-state index contributed by atoms with van der Waals surface area (Å²) < 4.78 is 5.92. The van der Waals surface area contributed by atoms with Crippen LogP contribution < -0.4 is 10.1 Å². The normalized spacial score (nSPS) is 13.5. The number of carbonyl (C=O) groups excluding carboxylic acids is 1. The van der Waals surface area contributed by atoms with E-state index in [0.29, 0.717) is 24.6 Å². The average molecular weight is 427 g/mol. The lowest BCUT2D eigenvalue weighted by atomic mass is 9.86. The van der Waals surface area contributed by atoms with E-state index in [1.165, 1.54) is 4.90 Å². The number of likely N-dealkylation sites (N-methyl/N-ethyl adjacent to an activating group) is 1. The van der Waals surface area contributed by atoms with Crippen molar-refractivity contribution in [1.29, 1.82) is 0 Å². The van der Waals surface area contributed by atoms with Gasteiger partial charge >= 0.3 is 12.0 Å². The third-order valence-corrected chi connectivity index (χ3v) is 5.19. The largest absolute Gasteiger partial charge is 0.491 e. The molecular formula is C22H35ClN2O4. The van der Waals surface area contributed by atoms with Gasteiger partial charge in [-0.15, -0.1) is 0 Å². The molecule has 0 spiro atoms. The Kier molecular flexibility index (Phi) is 9.77. The summed E-state index contributed by atoms with van der Waals surface area (Å²) in [4.78, 5) is 25.3. The van der Waals surface area contributed by atoms with Crippen molar-refractivity contribution < 1.29 is 19.4 Å². The van der Waals surface area contributed by atoms with E-state index in [1.807, 2.05) is 19.1 Å². The second kappa shape index (κ2) is 11.3. The first-order chi connectivity index (χ1) is 13.5. The van der Waals surface area contributed by atoms with Crippen LogP contribution in [0.2, 0.25) is 5.02 Å². The van der Waals surface area contributed by atoms with Gasteiger partial charge < -0.3 is 20.1 Å². The van der Waals surface area contributed by atoms with Crippen molar-refractivity contribution in [1.82, 2.24) is 10.2 Å². The van der Waals surface area contributed by atoms with E-state index in [9.17, 15) is 14.7 Å². The number of nitrogens with one attached hydrogen (secondary N) is 1. The maximum atomic E-state index is 12.5. The predicted molar refractivity (Wildman–Crippen MR) is 117 cm³/mol. The summed E-state index contributed by atoms with van der Waals surface area (Å²) >= 11 is 6.12. The lowest BCUT2D eigenvalue weighted by Gasteiger charge is -2.27. The average Bonchev–Trinajstić information content (AvgIpc) is 2.64. The van der Waals surface area contributed by atoms with E-state index < -0.39 is 17.9 Å². The number of rotatable bonds is 10. The number of carboxylic acids is 1. The van der Waals surface area contributed by atoms with Crippen molar-refractivity contribution in [3.8, 4) is 5.75 Å². The van der Waals surface area contributed by atoms with Crippen LogP contribution in [0.15, 0.2) is 18.2 Å². The molecule has 0 fully saturated rings. The first kappa shape index (κ1) is 25.1. The zero-order valence-electron chi connectivity index (χ0n) is 18.4. The predicted octanol–water partition coefficient (Wildman–Crippen LogP) is 4.94. The molecule has 7 heteroatoms. The summed E-state index contributed by atoms with van der Waals surface area (Å²) in [7, 11) is 1.67. The summed E-state index contributed by atoms with van der Waals surface area (Å²) in [6.07, 6.45) is 2.45. The zero-order valence-corrected chi connectivity index (χ0v) is 19.2. The Morgan fingerprint density at radius 2 is 1.97 bits per heavy atom. The molecule has 0 aromatic heterocycles. The highest BCUT2D eigenvalue weighted by atomic mass is 35.5. The number of carboxylic acid groups (broad SMARTS) is 1. The van der Waals surface area contributed by atoms with E-state index in [0.717, 1.165) is 24.2 Å². The Hall–Kier alpha value is -1.95. The van der Waals surface area contributed by atoms with Gasteiger partial charge in [0.1, 0.15) is 12.4 Å². The van der Waals surface area contributed by atoms with Crippen molar-refractivity contribution in [3.63, 3.8) is 0 Å². The van der Waals surface area contributed by atoms with Gasteiger partial charge in [0, 0.05) is 23.7 Å². The lowest BCUT2D eigenvalue weighted by molar-refractivity contribution is -0.142. The summed E-state index contributed by atoms with van der Waals surface area (Å²) in [5.74, 6) is -0.801. The number of urea groups is 1. The Labute approximate surface area is 179 Å². The SMILES string of the molecule is CCCCC(NC(=O)N(C)CCOc1ccc(Cl)cc1C(C)(C)C)C(C)C(=O)O. The van der Waals surface area contributed by atoms with Gasteiger partial charge in [-0.05, 0) is 37.0 Å². The van der Waals surface area contributed by atoms with Crippen molar-refractivity contribution in [2.24, 2.45) is 5.92 Å². The van der Waals surface area contributed by atoms with Crippen LogP contribution in [0.25, 0.3) is 0 Å². The molecule has 0 bridgehead atoms. The van der Waals surface area contributed by atoms with Gasteiger partial charge in [0.25, 0.3) is 0 Å². The Balaban J connectivity index is 2.67. The fourth-order valence-electron chi connectivity index (χ4n) is 2.92. The minimum Gasteiger partial charge on any atom is -0.491 e. The fourth-order valence-corrected chi connectivity index (χ4v) is 3.09. The van der Waals surface area contributed by atoms with Crippen LogP contribution in [-0.2, 0) is 10.2 Å². The van der Waals surface area contributed by atoms with Crippen LogP contribution >= 0.6 is 11.6 Å². The summed E-state index contributed by atoms with van der Waals surface area (Å²) in [6.45, 7) is 10.6. The standard InChI is InChI=1S/C22H35ClN2O4/c1-7-8-9-18(15(2)20(26)27)24-21(28)25(6)12-13-29-19-11-10-16(23)14-17(19)22(3,4)5/h10-11,14-15,18H,7-9,12-13H2,1-6H3,(H,24,28)(H,26,27). The molecule has 0 saturated heterocycles. The Bertz CT molecular complexity index is 688. The minimum atomic E-state index is -0.908. The van der Waals surface area contributed by atoms with Crippen LogP contribution in [0, 0.1) is 5.92 Å². The summed E-state index contributed by atoms with van der Waals surface area (Å²) in [5.41, 5.74) is 0.884. The molecule has 29 heavy (non-hydrogen) atoms. The molecule has 0 aliphatic heterocycles. The van der Waals surface area contributed by atoms with E-state index in [4.69, 9.17) is 16.3 Å². The van der Waals surface area contributed by atoms with Gasteiger partial charge in [0.2, 0.25) is 0 Å². The van der Waals surface area contributed by atoms with Crippen molar-refractivity contribution in [3.05, 3.63) is 28.8 Å². The molecule has 0 heterocycles. The van der Waals surface area contributed by atoms with Crippen LogP contribution in [0.5, 0.6) is 5.75 Å². The quantitative estimate of drug-likeness (QED) is 0.555. The molecule has 1 rings (SSSR count). The number of halogens is 1. The molecule has 6 nitrogen and oxygen atoms in total. The number of amides is 2. The Morgan fingerprint density at radius 3 is 2.52 bits per heavy atom. The third-order valence-electron chi connectivity index (χ3n) is 4.95. The second-order valence-corrected chi connectivity index (χ2v) is 8.92. The van der Waals surface area contributed by atoms with Crippen LogP contribution in [0.4, 0.5) is 4.79 Å². The molecule has 1 aromatic rings. The highest BCUT2D eigenvalue weighted by Crippen LogP contribution is 2.33. The number of hydrogen-bond acceptors (Lipinski definition) is 3. The monoisotopic (exact) mass is 426 g/mol. The van der Waals surface area contributed by atoms with Crippen molar-refractivity contribution in [2.75, 3.05) is 20.2 Å². The van der Waals surface area contributed by atoms with E-state index in [-0.39, 0.29) is 11.4 Å². The summed E-state index contributed by atoms with van der Waals surface area (Å²) in [6, 6.07) is 4.84. The number of ether oxygens (including phenoxy) is 1. The maximum Gasteiger partial charge on any atom is 0.317 e. The minimum absolute atomic E-state index is 0.122. The van der Waals surface area contributed by atoms with Crippen LogP contribution in [-0.4, -0.2) is 48.2 Å². The lowest BCUT2D eigenvalue weighted by Crippen LogP contribution is -2.48. The van der Waals surface area contributed by atoms with E-state index >= 15 is 0 Å². The smallest absolute Gasteiger partial charge is 0.317 e. The molecule has 2 amide bonds. The van der Waals surface area contributed by atoms with Gasteiger partial charge in [-0.3, -0.25) is 4.79 Å². The van der Waals surface area contributed by atoms with Gasteiger partial charge in [-0.1, -0.05) is 52.1 Å². The maximum absolute atomic E-state index is 12.5. The zero-order chi connectivity index (χ0) is 22.2. The van der Waals surface area contributed by atoms with Gasteiger partial charge in [0.15, 0.2) is 0 Å². The number of benzene rings is 1. The highest BCUT2D eigenvalue weighted by Gasteiger charge is 2.26. The van der Waals surface area contributed by atoms with Crippen LogP contribution in [0.1, 0.15) is 59.4 Å². The van der Waals surface area contributed by atoms with Crippen molar-refractivity contribution >= 4 is 23.6 Å². The molecule has 2 atom stereocenters. The molecule has 0 saturated carbocycles. The van der Waals surface area contributed by atoms with E-state index in [1.54, 1.807) is 20.0 Å². The first-order valence-electron chi connectivity index (χ1n) is 10.1. The molecule has 0 radical (unpaired) electrons. The molecule has 0 aliphatic rings. The molecular weight excluding hydrogens is 392 g/mol. The second-order valence-electron chi connectivity index (χ2n) is 8.49. The molecule has 2 N–H and O–H groups in total. The van der Waals surface area contributed by atoms with E-state index in [2.05, 4.69) is 26.1 Å². The Morgan fingerprint density at radius 1 is 1.31 bits per heavy atom. The molecule has 0 aliphatic carbocycles. The highest BCUT2D eigenvalue weighted by molar-refractivity contribution is 6.30. The first-order valence-corrected chi connectivity index (χ1v) is 10.5. The van der Waals surface area contributed by atoms with Gasteiger partial charge in [-0.2, -0.15) is 0 Å². The van der Waals surface area contributed by atoms with Crippen molar-refractivity contribution in [2.45, 2.75) is 65.3 Å². The number of aliphatic carboxylic acids is 1. The number of nitrogens with zero attached hydrogens (tertiary/aromatic N) is 1. The summed E-state index contributed by atoms with van der Waals surface area (Å²) in [5, 5.41) is 12.8. The molecule has 2 unspecified atom stereocenters.